The number of rotatable bonds is 1. The molecule has 17 heavy (non-hydrogen) atoms. The van der Waals surface area contributed by atoms with Gasteiger partial charge in [0.25, 0.3) is 5.91 Å². The molecule has 0 radical (unpaired) electrons. The van der Waals surface area contributed by atoms with Crippen LogP contribution in [0.15, 0.2) is 22.7 Å². The Hall–Kier alpha value is -0.870. The molecule has 1 aliphatic rings. The van der Waals surface area contributed by atoms with Crippen molar-refractivity contribution in [3.05, 3.63) is 33.8 Å². The zero-order chi connectivity index (χ0) is 12.4. The van der Waals surface area contributed by atoms with Crippen molar-refractivity contribution in [2.45, 2.75) is 19.9 Å². The van der Waals surface area contributed by atoms with Gasteiger partial charge in [-0.3, -0.25) is 4.79 Å². The minimum Gasteiger partial charge on any atom is -0.336 e. The molecule has 1 fully saturated rings. The van der Waals surface area contributed by atoms with Gasteiger partial charge in [-0.05, 0) is 41.4 Å². The zero-order valence-corrected chi connectivity index (χ0v) is 11.8. The van der Waals surface area contributed by atoms with Gasteiger partial charge in [0, 0.05) is 30.1 Å². The zero-order valence-electron chi connectivity index (χ0n) is 10.2. The van der Waals surface area contributed by atoms with Crippen molar-refractivity contribution in [3.8, 4) is 0 Å². The first-order valence-electron chi connectivity index (χ1n) is 5.87. The maximum absolute atomic E-state index is 12.4. The molecular formula is C13H17BrN2O. The van der Waals surface area contributed by atoms with Crippen LogP contribution in [-0.4, -0.2) is 36.5 Å². The SMILES string of the molecule is Cc1cccc(C(=O)N2CCN[C@@H](C)C2)c1Br. The Kier molecular flexibility index (Phi) is 3.84. The maximum atomic E-state index is 12.4. The first-order valence-corrected chi connectivity index (χ1v) is 6.66. The molecule has 1 heterocycles. The lowest BCUT2D eigenvalue weighted by Crippen LogP contribution is -2.51. The van der Waals surface area contributed by atoms with Crippen molar-refractivity contribution in [1.82, 2.24) is 10.2 Å². The Morgan fingerprint density at radius 3 is 3.00 bits per heavy atom. The van der Waals surface area contributed by atoms with E-state index in [2.05, 4.69) is 28.2 Å². The van der Waals surface area contributed by atoms with Crippen LogP contribution in [0, 0.1) is 6.92 Å². The summed E-state index contributed by atoms with van der Waals surface area (Å²) < 4.78 is 0.913. The molecule has 1 aliphatic heterocycles. The standard InChI is InChI=1S/C13H17BrN2O/c1-9-4-3-5-11(12(9)14)13(17)16-7-6-15-10(2)8-16/h3-5,10,15H,6-8H2,1-2H3/t10-/m0/s1. The number of aryl methyl sites for hydroxylation is 1. The summed E-state index contributed by atoms with van der Waals surface area (Å²) in [6.07, 6.45) is 0. The topological polar surface area (TPSA) is 32.3 Å². The van der Waals surface area contributed by atoms with Crippen LogP contribution in [0.4, 0.5) is 0 Å². The lowest BCUT2D eigenvalue weighted by molar-refractivity contribution is 0.0708. The molecule has 4 heteroatoms. The molecule has 1 amide bonds. The van der Waals surface area contributed by atoms with E-state index in [1.165, 1.54) is 0 Å². The molecule has 0 bridgehead atoms. The van der Waals surface area contributed by atoms with Crippen molar-refractivity contribution in [3.63, 3.8) is 0 Å². The van der Waals surface area contributed by atoms with Crippen LogP contribution >= 0.6 is 15.9 Å². The molecular weight excluding hydrogens is 280 g/mol. The van der Waals surface area contributed by atoms with E-state index in [-0.39, 0.29) is 5.91 Å². The third kappa shape index (κ3) is 2.69. The van der Waals surface area contributed by atoms with Crippen molar-refractivity contribution in [2.24, 2.45) is 0 Å². The summed E-state index contributed by atoms with van der Waals surface area (Å²) in [6, 6.07) is 6.18. The van der Waals surface area contributed by atoms with Crippen LogP contribution in [0.2, 0.25) is 0 Å². The molecule has 92 valence electrons. The highest BCUT2D eigenvalue weighted by Crippen LogP contribution is 2.22. The number of carbonyl (C=O) groups excluding carboxylic acids is 1. The second-order valence-electron chi connectivity index (χ2n) is 4.54. The number of nitrogens with one attached hydrogen (secondary N) is 1. The van der Waals surface area contributed by atoms with Crippen LogP contribution in [-0.2, 0) is 0 Å². The van der Waals surface area contributed by atoms with Crippen molar-refractivity contribution < 1.29 is 4.79 Å². The monoisotopic (exact) mass is 296 g/mol. The van der Waals surface area contributed by atoms with Gasteiger partial charge in [-0.2, -0.15) is 0 Å². The molecule has 2 rings (SSSR count). The van der Waals surface area contributed by atoms with Crippen LogP contribution < -0.4 is 5.32 Å². The number of halogens is 1. The fraction of sp³-hybridized carbons (Fsp3) is 0.462. The third-order valence-electron chi connectivity index (χ3n) is 3.08. The highest BCUT2D eigenvalue weighted by atomic mass is 79.9. The highest BCUT2D eigenvalue weighted by molar-refractivity contribution is 9.10. The second kappa shape index (κ2) is 5.19. The predicted molar refractivity (Wildman–Crippen MR) is 72.2 cm³/mol. The number of nitrogens with zero attached hydrogens (tertiary/aromatic N) is 1. The quantitative estimate of drug-likeness (QED) is 0.862. The van der Waals surface area contributed by atoms with Gasteiger partial charge in [-0.25, -0.2) is 0 Å². The average Bonchev–Trinajstić information content (AvgIpc) is 2.32. The first kappa shape index (κ1) is 12.6. The Morgan fingerprint density at radius 2 is 2.29 bits per heavy atom. The summed E-state index contributed by atoms with van der Waals surface area (Å²) in [6.45, 7) is 6.53. The van der Waals surface area contributed by atoms with Gasteiger partial charge in [0.15, 0.2) is 0 Å². The van der Waals surface area contributed by atoms with Gasteiger partial charge in [-0.15, -0.1) is 0 Å². The van der Waals surface area contributed by atoms with Crippen molar-refractivity contribution in [1.29, 1.82) is 0 Å². The number of hydrogen-bond donors (Lipinski definition) is 1. The van der Waals surface area contributed by atoms with E-state index in [4.69, 9.17) is 0 Å². The molecule has 0 saturated carbocycles. The summed E-state index contributed by atoms with van der Waals surface area (Å²) in [7, 11) is 0. The summed E-state index contributed by atoms with van der Waals surface area (Å²) >= 11 is 3.50. The lowest BCUT2D eigenvalue weighted by Gasteiger charge is -2.32. The van der Waals surface area contributed by atoms with E-state index < -0.39 is 0 Å². The van der Waals surface area contributed by atoms with Gasteiger partial charge < -0.3 is 10.2 Å². The van der Waals surface area contributed by atoms with Gasteiger partial charge in [0.1, 0.15) is 0 Å². The van der Waals surface area contributed by atoms with E-state index in [1.807, 2.05) is 30.0 Å². The summed E-state index contributed by atoms with van der Waals surface area (Å²) in [5.41, 5.74) is 1.86. The molecule has 1 aromatic rings. The molecule has 3 nitrogen and oxygen atoms in total. The molecule has 1 N–H and O–H groups in total. The average molecular weight is 297 g/mol. The minimum atomic E-state index is 0.119. The first-order chi connectivity index (χ1) is 8.09. The molecule has 0 spiro atoms. The number of amides is 1. The van der Waals surface area contributed by atoms with E-state index in [9.17, 15) is 4.79 Å². The molecule has 0 unspecified atom stereocenters. The predicted octanol–water partition coefficient (Wildman–Crippen LogP) is 2.19. The number of piperazine rings is 1. The van der Waals surface area contributed by atoms with Crippen LogP contribution in [0.25, 0.3) is 0 Å². The molecule has 0 aromatic heterocycles. The van der Waals surface area contributed by atoms with E-state index in [0.29, 0.717) is 6.04 Å². The largest absolute Gasteiger partial charge is 0.336 e. The number of benzene rings is 1. The van der Waals surface area contributed by atoms with Gasteiger partial charge >= 0.3 is 0 Å². The summed E-state index contributed by atoms with van der Waals surface area (Å²) in [5, 5.41) is 3.34. The van der Waals surface area contributed by atoms with Gasteiger partial charge in [0.05, 0.1) is 5.56 Å². The Morgan fingerprint density at radius 1 is 1.53 bits per heavy atom. The van der Waals surface area contributed by atoms with E-state index >= 15 is 0 Å². The van der Waals surface area contributed by atoms with Gasteiger partial charge in [-0.1, -0.05) is 12.1 Å². The smallest absolute Gasteiger partial charge is 0.255 e. The fourth-order valence-electron chi connectivity index (χ4n) is 2.10. The van der Waals surface area contributed by atoms with E-state index in [0.717, 1.165) is 35.2 Å². The molecule has 1 saturated heterocycles. The van der Waals surface area contributed by atoms with Crippen LogP contribution in [0.3, 0.4) is 0 Å². The van der Waals surface area contributed by atoms with Gasteiger partial charge in [0.2, 0.25) is 0 Å². The summed E-state index contributed by atoms with van der Waals surface area (Å²) in [4.78, 5) is 14.3. The Labute approximate surface area is 110 Å². The highest BCUT2D eigenvalue weighted by Gasteiger charge is 2.23. The Balaban J connectivity index is 2.22. The lowest BCUT2D eigenvalue weighted by atomic mass is 10.1. The van der Waals surface area contributed by atoms with Crippen LogP contribution in [0.1, 0.15) is 22.8 Å². The maximum Gasteiger partial charge on any atom is 0.255 e. The molecule has 1 aromatic carbocycles. The molecule has 1 atom stereocenters. The van der Waals surface area contributed by atoms with Crippen molar-refractivity contribution in [2.75, 3.05) is 19.6 Å². The fourth-order valence-corrected chi connectivity index (χ4v) is 2.53. The normalized spacial score (nSPS) is 20.4. The summed E-state index contributed by atoms with van der Waals surface area (Å²) in [5.74, 6) is 0.119. The van der Waals surface area contributed by atoms with E-state index in [1.54, 1.807) is 0 Å². The number of hydrogen-bond acceptors (Lipinski definition) is 2. The second-order valence-corrected chi connectivity index (χ2v) is 5.34. The molecule has 0 aliphatic carbocycles. The Bertz CT molecular complexity index is 433. The van der Waals surface area contributed by atoms with Crippen molar-refractivity contribution >= 4 is 21.8 Å². The third-order valence-corrected chi connectivity index (χ3v) is 4.13. The minimum absolute atomic E-state index is 0.119. The van der Waals surface area contributed by atoms with Crippen LogP contribution in [0.5, 0.6) is 0 Å². The number of carbonyl (C=O) groups is 1.